The number of amides is 1. The van der Waals surface area contributed by atoms with E-state index in [0.717, 1.165) is 50.2 Å². The molecule has 2 heterocycles. The monoisotopic (exact) mass is 291 g/mol. The number of carbonyl (C=O) groups is 1. The number of H-pyrrole nitrogens is 1. The molecule has 2 fully saturated rings. The Labute approximate surface area is 126 Å². The molecule has 1 atom stereocenters. The molecule has 1 aromatic rings. The Morgan fingerprint density at radius 3 is 2.81 bits per heavy atom. The van der Waals surface area contributed by atoms with E-state index in [2.05, 4.69) is 15.1 Å². The first-order valence-electron chi connectivity index (χ1n) is 8.14. The van der Waals surface area contributed by atoms with E-state index < -0.39 is 0 Å². The zero-order chi connectivity index (χ0) is 14.7. The van der Waals surface area contributed by atoms with Crippen molar-refractivity contribution in [2.75, 3.05) is 13.2 Å². The van der Waals surface area contributed by atoms with Crippen LogP contribution in [0.2, 0.25) is 0 Å². The summed E-state index contributed by atoms with van der Waals surface area (Å²) < 4.78 is 5.73. The lowest BCUT2D eigenvalue weighted by molar-refractivity contribution is -0.134. The van der Waals surface area contributed by atoms with Crippen LogP contribution in [0.4, 0.5) is 0 Å². The normalized spacial score (nSPS) is 22.8. The fourth-order valence-corrected chi connectivity index (χ4v) is 3.50. The summed E-state index contributed by atoms with van der Waals surface area (Å²) in [7, 11) is 0. The standard InChI is InChI=1S/C16H25N3O2/c1-12-9-13(18-17-12)10-16(20)19(14-5-2-3-6-14)11-15-7-4-8-21-15/h9,14-15H,2-8,10-11H2,1H3,(H,17,18)/t15-/m1/s1. The Balaban J connectivity index is 1.65. The van der Waals surface area contributed by atoms with Crippen molar-refractivity contribution >= 4 is 5.91 Å². The van der Waals surface area contributed by atoms with Crippen LogP contribution in [-0.4, -0.2) is 46.3 Å². The van der Waals surface area contributed by atoms with Crippen LogP contribution in [-0.2, 0) is 16.0 Å². The van der Waals surface area contributed by atoms with Crippen LogP contribution in [0.25, 0.3) is 0 Å². The third kappa shape index (κ3) is 3.64. The minimum absolute atomic E-state index is 0.198. The molecule has 1 N–H and O–H groups in total. The van der Waals surface area contributed by atoms with Crippen LogP contribution in [0.3, 0.4) is 0 Å². The molecule has 1 aromatic heterocycles. The largest absolute Gasteiger partial charge is 0.376 e. The van der Waals surface area contributed by atoms with Crippen LogP contribution >= 0.6 is 0 Å². The molecule has 1 saturated carbocycles. The van der Waals surface area contributed by atoms with Gasteiger partial charge in [-0.1, -0.05) is 12.8 Å². The first-order chi connectivity index (χ1) is 10.2. The van der Waals surface area contributed by atoms with E-state index in [-0.39, 0.29) is 12.0 Å². The van der Waals surface area contributed by atoms with Crippen molar-refractivity contribution in [1.29, 1.82) is 0 Å². The number of hydrogen-bond donors (Lipinski definition) is 1. The number of nitrogens with zero attached hydrogens (tertiary/aromatic N) is 2. The summed E-state index contributed by atoms with van der Waals surface area (Å²) in [5.74, 6) is 0.198. The molecule has 116 valence electrons. The molecule has 1 amide bonds. The van der Waals surface area contributed by atoms with Crippen molar-refractivity contribution in [2.24, 2.45) is 0 Å². The molecule has 0 bridgehead atoms. The molecule has 5 heteroatoms. The topological polar surface area (TPSA) is 58.2 Å². The predicted molar refractivity (Wildman–Crippen MR) is 80.0 cm³/mol. The molecule has 3 rings (SSSR count). The van der Waals surface area contributed by atoms with Crippen LogP contribution in [0.1, 0.15) is 49.9 Å². The van der Waals surface area contributed by atoms with E-state index >= 15 is 0 Å². The van der Waals surface area contributed by atoms with Gasteiger partial charge in [0.2, 0.25) is 5.91 Å². The van der Waals surface area contributed by atoms with Gasteiger partial charge in [-0.05, 0) is 38.7 Å². The smallest absolute Gasteiger partial charge is 0.228 e. The van der Waals surface area contributed by atoms with Gasteiger partial charge in [0, 0.05) is 24.9 Å². The van der Waals surface area contributed by atoms with E-state index in [9.17, 15) is 4.79 Å². The van der Waals surface area contributed by atoms with Gasteiger partial charge >= 0.3 is 0 Å². The molecule has 0 radical (unpaired) electrons. The summed E-state index contributed by atoms with van der Waals surface area (Å²) in [6.07, 6.45) is 7.58. The zero-order valence-electron chi connectivity index (χ0n) is 12.8. The maximum Gasteiger partial charge on any atom is 0.228 e. The van der Waals surface area contributed by atoms with E-state index in [1.807, 2.05) is 13.0 Å². The molecule has 5 nitrogen and oxygen atoms in total. The first-order valence-corrected chi connectivity index (χ1v) is 8.14. The second kappa shape index (κ2) is 6.60. The third-order valence-corrected chi connectivity index (χ3v) is 4.60. The highest BCUT2D eigenvalue weighted by Gasteiger charge is 2.30. The SMILES string of the molecule is Cc1cc(CC(=O)N(C[C@H]2CCCO2)C2CCCC2)n[nH]1. The van der Waals surface area contributed by atoms with Crippen molar-refractivity contribution in [3.8, 4) is 0 Å². The molecule has 2 aliphatic rings. The maximum atomic E-state index is 12.7. The molecule has 21 heavy (non-hydrogen) atoms. The molecule has 0 spiro atoms. The summed E-state index contributed by atoms with van der Waals surface area (Å²) in [5, 5.41) is 7.10. The van der Waals surface area contributed by atoms with Crippen LogP contribution < -0.4 is 0 Å². The summed E-state index contributed by atoms with van der Waals surface area (Å²) in [6, 6.07) is 2.36. The Hall–Kier alpha value is -1.36. The number of hydrogen-bond acceptors (Lipinski definition) is 3. The average molecular weight is 291 g/mol. The van der Waals surface area contributed by atoms with Gasteiger partial charge in [0.25, 0.3) is 0 Å². The molecule has 0 unspecified atom stereocenters. The number of rotatable bonds is 5. The Kier molecular flexibility index (Phi) is 4.58. The van der Waals surface area contributed by atoms with E-state index in [4.69, 9.17) is 4.74 Å². The van der Waals surface area contributed by atoms with Crippen LogP contribution in [0.5, 0.6) is 0 Å². The van der Waals surface area contributed by atoms with Gasteiger partial charge in [0.05, 0.1) is 18.2 Å². The fourth-order valence-electron chi connectivity index (χ4n) is 3.50. The van der Waals surface area contributed by atoms with Gasteiger partial charge < -0.3 is 9.64 Å². The Bertz CT molecular complexity index is 474. The first kappa shape index (κ1) is 14.6. The third-order valence-electron chi connectivity index (χ3n) is 4.60. The fraction of sp³-hybridized carbons (Fsp3) is 0.750. The second-order valence-electron chi connectivity index (χ2n) is 6.34. The zero-order valence-corrected chi connectivity index (χ0v) is 12.8. The minimum atomic E-state index is 0.198. The van der Waals surface area contributed by atoms with Crippen molar-refractivity contribution in [2.45, 2.75) is 64.0 Å². The van der Waals surface area contributed by atoms with Gasteiger partial charge in [0.15, 0.2) is 0 Å². The predicted octanol–water partition coefficient (Wildman–Crippen LogP) is 2.21. The minimum Gasteiger partial charge on any atom is -0.376 e. The molecule has 1 aliphatic carbocycles. The molecule has 0 aromatic carbocycles. The number of aromatic nitrogens is 2. The highest BCUT2D eigenvalue weighted by atomic mass is 16.5. The van der Waals surface area contributed by atoms with Gasteiger partial charge in [-0.25, -0.2) is 0 Å². The van der Waals surface area contributed by atoms with Crippen molar-refractivity contribution in [1.82, 2.24) is 15.1 Å². The molecule has 1 aliphatic heterocycles. The van der Waals surface area contributed by atoms with Gasteiger partial charge in [-0.3, -0.25) is 9.89 Å². The van der Waals surface area contributed by atoms with E-state index in [0.29, 0.717) is 12.5 Å². The quantitative estimate of drug-likeness (QED) is 0.905. The van der Waals surface area contributed by atoms with Crippen LogP contribution in [0, 0.1) is 6.92 Å². The summed E-state index contributed by atoms with van der Waals surface area (Å²) in [4.78, 5) is 14.8. The highest BCUT2D eigenvalue weighted by molar-refractivity contribution is 5.78. The van der Waals surface area contributed by atoms with E-state index in [1.54, 1.807) is 0 Å². The number of nitrogens with one attached hydrogen (secondary N) is 1. The lowest BCUT2D eigenvalue weighted by atomic mass is 10.1. The summed E-state index contributed by atoms with van der Waals surface area (Å²) >= 11 is 0. The number of ether oxygens (including phenoxy) is 1. The summed E-state index contributed by atoms with van der Waals surface area (Å²) in [5.41, 5.74) is 1.84. The van der Waals surface area contributed by atoms with E-state index in [1.165, 1.54) is 12.8 Å². The molecular weight excluding hydrogens is 266 g/mol. The second-order valence-corrected chi connectivity index (χ2v) is 6.34. The Morgan fingerprint density at radius 1 is 1.38 bits per heavy atom. The highest BCUT2D eigenvalue weighted by Crippen LogP contribution is 2.26. The van der Waals surface area contributed by atoms with Gasteiger partial charge in [-0.15, -0.1) is 0 Å². The van der Waals surface area contributed by atoms with Gasteiger partial charge in [0.1, 0.15) is 0 Å². The van der Waals surface area contributed by atoms with Crippen LogP contribution in [0.15, 0.2) is 6.07 Å². The number of carbonyl (C=O) groups excluding carboxylic acids is 1. The maximum absolute atomic E-state index is 12.7. The number of aromatic amines is 1. The van der Waals surface area contributed by atoms with Crippen molar-refractivity contribution in [3.05, 3.63) is 17.5 Å². The summed E-state index contributed by atoms with van der Waals surface area (Å²) in [6.45, 7) is 3.56. The lowest BCUT2D eigenvalue weighted by Gasteiger charge is -2.31. The van der Waals surface area contributed by atoms with Crippen molar-refractivity contribution < 1.29 is 9.53 Å². The number of aryl methyl sites for hydroxylation is 1. The molecule has 1 saturated heterocycles. The Morgan fingerprint density at radius 2 is 2.19 bits per heavy atom. The molecular formula is C16H25N3O2. The van der Waals surface area contributed by atoms with Crippen molar-refractivity contribution in [3.63, 3.8) is 0 Å². The lowest BCUT2D eigenvalue weighted by Crippen LogP contribution is -2.44. The van der Waals surface area contributed by atoms with Gasteiger partial charge in [-0.2, -0.15) is 5.10 Å². The average Bonchev–Trinajstić information content (AvgIpc) is 3.18.